The minimum Gasteiger partial charge on any atom is -0.379 e. The van der Waals surface area contributed by atoms with Gasteiger partial charge in [-0.05, 0) is 53.9 Å². The monoisotopic (exact) mass is 276 g/mol. The van der Waals surface area contributed by atoms with Crippen LogP contribution in [0, 0.1) is 5.92 Å². The normalized spacial score (nSPS) is 11.4. The standard InChI is InChI=1S/C8H18O2.C8H18O/c1-7(2)9-5-6-10-8(3)4;1-7(2)5-6-9-8(3)4/h7-8H,5-6H2,1-4H3;7-8H,5-6H2,1-4H3. The van der Waals surface area contributed by atoms with Gasteiger partial charge in [-0.15, -0.1) is 0 Å². The Bertz CT molecular complexity index is 147. The third-order valence-electron chi connectivity index (χ3n) is 2.13. The molecule has 0 saturated heterocycles. The van der Waals surface area contributed by atoms with Crippen molar-refractivity contribution in [2.24, 2.45) is 5.92 Å². The van der Waals surface area contributed by atoms with Crippen LogP contribution in [-0.2, 0) is 14.2 Å². The third kappa shape index (κ3) is 27.2. The highest BCUT2D eigenvalue weighted by atomic mass is 16.5. The van der Waals surface area contributed by atoms with Gasteiger partial charge < -0.3 is 14.2 Å². The molecular formula is C16H36O3. The minimum atomic E-state index is 0.316. The van der Waals surface area contributed by atoms with E-state index in [-0.39, 0.29) is 0 Å². The van der Waals surface area contributed by atoms with Crippen molar-refractivity contribution in [3.63, 3.8) is 0 Å². The molecule has 0 N–H and O–H groups in total. The molecule has 19 heavy (non-hydrogen) atoms. The summed E-state index contributed by atoms with van der Waals surface area (Å²) in [5.74, 6) is 0.767. The molecule has 0 heterocycles. The van der Waals surface area contributed by atoms with Crippen LogP contribution in [-0.4, -0.2) is 38.1 Å². The fraction of sp³-hybridized carbons (Fsp3) is 1.00. The molecule has 0 radical (unpaired) electrons. The molecule has 0 fully saturated rings. The predicted octanol–water partition coefficient (Wildman–Crippen LogP) is 4.29. The molecule has 0 aromatic heterocycles. The minimum absolute atomic E-state index is 0.316. The molecule has 118 valence electrons. The molecular weight excluding hydrogens is 240 g/mol. The number of rotatable bonds is 9. The van der Waals surface area contributed by atoms with E-state index < -0.39 is 0 Å². The molecule has 3 nitrogen and oxygen atoms in total. The summed E-state index contributed by atoms with van der Waals surface area (Å²) in [5, 5.41) is 0. The fourth-order valence-corrected chi connectivity index (χ4v) is 1.11. The molecule has 0 rings (SSSR count). The van der Waals surface area contributed by atoms with E-state index >= 15 is 0 Å². The SMILES string of the molecule is CC(C)CCOC(C)C.CC(C)OCCOC(C)C. The van der Waals surface area contributed by atoms with Crippen LogP contribution in [0.25, 0.3) is 0 Å². The molecule has 0 spiro atoms. The van der Waals surface area contributed by atoms with Crippen LogP contribution in [0.2, 0.25) is 0 Å². The molecule has 0 aromatic rings. The van der Waals surface area contributed by atoms with Gasteiger partial charge in [0.05, 0.1) is 31.5 Å². The van der Waals surface area contributed by atoms with Crippen LogP contribution in [0.4, 0.5) is 0 Å². The molecule has 0 aliphatic carbocycles. The largest absolute Gasteiger partial charge is 0.379 e. The van der Waals surface area contributed by atoms with E-state index in [2.05, 4.69) is 27.7 Å². The first kappa shape index (κ1) is 21.2. The van der Waals surface area contributed by atoms with Gasteiger partial charge in [0.1, 0.15) is 0 Å². The second-order valence-corrected chi connectivity index (χ2v) is 5.94. The maximum Gasteiger partial charge on any atom is 0.0704 e. The van der Waals surface area contributed by atoms with E-state index in [0.29, 0.717) is 31.5 Å². The molecule has 0 saturated carbocycles. The van der Waals surface area contributed by atoms with Crippen LogP contribution in [0.1, 0.15) is 61.8 Å². The Kier molecular flexibility index (Phi) is 15.9. The number of hydrogen-bond donors (Lipinski definition) is 0. The van der Waals surface area contributed by atoms with E-state index in [0.717, 1.165) is 12.5 Å². The van der Waals surface area contributed by atoms with Crippen molar-refractivity contribution in [3.05, 3.63) is 0 Å². The van der Waals surface area contributed by atoms with Gasteiger partial charge in [0.25, 0.3) is 0 Å². The first-order valence-electron chi connectivity index (χ1n) is 7.60. The quantitative estimate of drug-likeness (QED) is 0.588. The lowest BCUT2D eigenvalue weighted by atomic mass is 10.1. The van der Waals surface area contributed by atoms with Crippen molar-refractivity contribution in [2.45, 2.75) is 80.1 Å². The van der Waals surface area contributed by atoms with E-state index in [1.165, 1.54) is 6.42 Å². The van der Waals surface area contributed by atoms with Crippen LogP contribution >= 0.6 is 0 Å². The Labute approximate surface area is 121 Å². The van der Waals surface area contributed by atoms with Crippen LogP contribution in [0.15, 0.2) is 0 Å². The van der Waals surface area contributed by atoms with Gasteiger partial charge in [0.15, 0.2) is 0 Å². The Hall–Kier alpha value is -0.120. The third-order valence-corrected chi connectivity index (χ3v) is 2.13. The maximum atomic E-state index is 5.35. The van der Waals surface area contributed by atoms with Crippen molar-refractivity contribution in [2.75, 3.05) is 19.8 Å². The zero-order chi connectivity index (χ0) is 15.3. The van der Waals surface area contributed by atoms with Gasteiger partial charge in [-0.2, -0.15) is 0 Å². The molecule has 0 aliphatic rings. The van der Waals surface area contributed by atoms with E-state index in [4.69, 9.17) is 14.2 Å². The van der Waals surface area contributed by atoms with Crippen molar-refractivity contribution < 1.29 is 14.2 Å². The van der Waals surface area contributed by atoms with Gasteiger partial charge >= 0.3 is 0 Å². The summed E-state index contributed by atoms with van der Waals surface area (Å²) < 4.78 is 15.9. The summed E-state index contributed by atoms with van der Waals surface area (Å²) in [7, 11) is 0. The first-order valence-corrected chi connectivity index (χ1v) is 7.60. The number of ether oxygens (including phenoxy) is 3. The van der Waals surface area contributed by atoms with E-state index in [9.17, 15) is 0 Å². The second kappa shape index (κ2) is 14.3. The lowest BCUT2D eigenvalue weighted by Crippen LogP contribution is -2.12. The zero-order valence-corrected chi connectivity index (χ0v) is 14.4. The van der Waals surface area contributed by atoms with Crippen LogP contribution in [0.3, 0.4) is 0 Å². The molecule has 0 aliphatic heterocycles. The average Bonchev–Trinajstić information content (AvgIpc) is 2.23. The summed E-state index contributed by atoms with van der Waals surface area (Å²) in [6.45, 7) is 19.0. The van der Waals surface area contributed by atoms with Gasteiger partial charge in [0.2, 0.25) is 0 Å². The van der Waals surface area contributed by atoms with E-state index in [1.807, 2.05) is 27.7 Å². The predicted molar refractivity (Wildman–Crippen MR) is 82.7 cm³/mol. The topological polar surface area (TPSA) is 27.7 Å². The number of hydrogen-bond acceptors (Lipinski definition) is 3. The highest BCUT2D eigenvalue weighted by molar-refractivity contribution is 4.44. The molecule has 0 atom stereocenters. The molecule has 0 amide bonds. The lowest BCUT2D eigenvalue weighted by Gasteiger charge is -2.09. The van der Waals surface area contributed by atoms with Gasteiger partial charge in [-0.1, -0.05) is 13.8 Å². The molecule has 0 unspecified atom stereocenters. The summed E-state index contributed by atoms with van der Waals surface area (Å²) in [6.07, 6.45) is 2.20. The average molecular weight is 276 g/mol. The summed E-state index contributed by atoms with van der Waals surface area (Å²) >= 11 is 0. The van der Waals surface area contributed by atoms with Gasteiger partial charge in [-0.25, -0.2) is 0 Å². The van der Waals surface area contributed by atoms with Gasteiger partial charge in [-0.3, -0.25) is 0 Å². The fourth-order valence-electron chi connectivity index (χ4n) is 1.11. The van der Waals surface area contributed by atoms with Crippen molar-refractivity contribution >= 4 is 0 Å². The van der Waals surface area contributed by atoms with E-state index in [1.54, 1.807) is 0 Å². The highest BCUT2D eigenvalue weighted by Gasteiger charge is 1.95. The molecule has 0 aromatic carbocycles. The van der Waals surface area contributed by atoms with Crippen molar-refractivity contribution in [3.8, 4) is 0 Å². The second-order valence-electron chi connectivity index (χ2n) is 5.94. The maximum absolute atomic E-state index is 5.35. The summed E-state index contributed by atoms with van der Waals surface area (Å²) in [5.41, 5.74) is 0. The van der Waals surface area contributed by atoms with Crippen molar-refractivity contribution in [1.29, 1.82) is 0 Å². The van der Waals surface area contributed by atoms with Gasteiger partial charge in [0, 0.05) is 6.61 Å². The van der Waals surface area contributed by atoms with Crippen LogP contribution < -0.4 is 0 Å². The smallest absolute Gasteiger partial charge is 0.0704 e. The summed E-state index contributed by atoms with van der Waals surface area (Å²) in [6, 6.07) is 0. The Morgan fingerprint density at radius 1 is 0.526 bits per heavy atom. The Balaban J connectivity index is 0. The molecule has 3 heteroatoms. The summed E-state index contributed by atoms with van der Waals surface area (Å²) in [4.78, 5) is 0. The lowest BCUT2D eigenvalue weighted by molar-refractivity contribution is -0.00108. The Morgan fingerprint density at radius 2 is 0.842 bits per heavy atom. The highest BCUT2D eigenvalue weighted by Crippen LogP contribution is 2.00. The zero-order valence-electron chi connectivity index (χ0n) is 14.4. The van der Waals surface area contributed by atoms with Crippen molar-refractivity contribution in [1.82, 2.24) is 0 Å². The first-order chi connectivity index (χ1) is 8.75. The van der Waals surface area contributed by atoms with Crippen LogP contribution in [0.5, 0.6) is 0 Å². The Morgan fingerprint density at radius 3 is 1.11 bits per heavy atom. The molecule has 0 bridgehead atoms.